The summed E-state index contributed by atoms with van der Waals surface area (Å²) in [5, 5.41) is 1.50. The van der Waals surface area contributed by atoms with Crippen molar-refractivity contribution in [3.8, 4) is 11.3 Å². The average molecular weight is 301 g/mol. The third kappa shape index (κ3) is 1.95. The molecule has 0 saturated carbocycles. The van der Waals surface area contributed by atoms with E-state index in [-0.39, 0.29) is 5.56 Å². The van der Waals surface area contributed by atoms with Crippen LogP contribution in [0.1, 0.15) is 0 Å². The van der Waals surface area contributed by atoms with Gasteiger partial charge in [-0.25, -0.2) is 0 Å². The van der Waals surface area contributed by atoms with Crippen LogP contribution in [0.25, 0.3) is 22.0 Å². The highest BCUT2D eigenvalue weighted by molar-refractivity contribution is 9.10. The van der Waals surface area contributed by atoms with E-state index in [9.17, 15) is 4.79 Å². The molecule has 3 nitrogen and oxygen atoms in total. The Morgan fingerprint density at radius 2 is 1.89 bits per heavy atom. The topological polar surface area (TPSA) is 45.8 Å². The van der Waals surface area contributed by atoms with E-state index >= 15 is 0 Å². The number of aromatic amines is 1. The molecular formula is C14H9BrN2O. The molecule has 4 heteroatoms. The summed E-state index contributed by atoms with van der Waals surface area (Å²) < 4.78 is 1.01. The third-order valence-corrected chi connectivity index (χ3v) is 3.33. The minimum atomic E-state index is -0.112. The molecule has 0 saturated heterocycles. The molecular weight excluding hydrogens is 292 g/mol. The Hall–Kier alpha value is -1.94. The van der Waals surface area contributed by atoms with Crippen LogP contribution in [0.4, 0.5) is 0 Å². The summed E-state index contributed by atoms with van der Waals surface area (Å²) in [6.45, 7) is 0. The van der Waals surface area contributed by atoms with Crippen LogP contribution in [0.2, 0.25) is 0 Å². The van der Waals surface area contributed by atoms with Crippen molar-refractivity contribution in [2.75, 3.05) is 0 Å². The van der Waals surface area contributed by atoms with E-state index in [2.05, 4.69) is 25.9 Å². The van der Waals surface area contributed by atoms with Crippen molar-refractivity contribution >= 4 is 26.7 Å². The van der Waals surface area contributed by atoms with Gasteiger partial charge in [-0.3, -0.25) is 9.78 Å². The molecule has 0 bridgehead atoms. The lowest BCUT2D eigenvalue weighted by molar-refractivity contribution is 1.26. The van der Waals surface area contributed by atoms with Crippen LogP contribution in [0.5, 0.6) is 0 Å². The van der Waals surface area contributed by atoms with Crippen LogP contribution in [0.15, 0.2) is 58.1 Å². The van der Waals surface area contributed by atoms with E-state index in [1.165, 1.54) is 0 Å². The first kappa shape index (κ1) is 11.2. The summed E-state index contributed by atoms with van der Waals surface area (Å²) >= 11 is 3.39. The van der Waals surface area contributed by atoms with Crippen LogP contribution < -0.4 is 5.56 Å². The molecule has 88 valence electrons. The Kier molecular flexibility index (Phi) is 2.72. The maximum Gasteiger partial charge on any atom is 0.257 e. The van der Waals surface area contributed by atoms with Gasteiger partial charge in [0.15, 0.2) is 0 Å². The van der Waals surface area contributed by atoms with E-state index in [4.69, 9.17) is 0 Å². The quantitative estimate of drug-likeness (QED) is 0.749. The Morgan fingerprint density at radius 3 is 2.67 bits per heavy atom. The van der Waals surface area contributed by atoms with E-state index in [0.29, 0.717) is 5.39 Å². The van der Waals surface area contributed by atoms with Crippen LogP contribution in [-0.2, 0) is 0 Å². The van der Waals surface area contributed by atoms with Crippen molar-refractivity contribution in [3.63, 3.8) is 0 Å². The molecule has 0 amide bonds. The Bertz CT molecular complexity index is 763. The van der Waals surface area contributed by atoms with Gasteiger partial charge in [0.05, 0.1) is 5.39 Å². The highest BCUT2D eigenvalue weighted by Gasteiger charge is 2.03. The van der Waals surface area contributed by atoms with Crippen molar-refractivity contribution in [2.45, 2.75) is 0 Å². The minimum Gasteiger partial charge on any atom is -0.321 e. The summed E-state index contributed by atoms with van der Waals surface area (Å²) in [7, 11) is 0. The number of hydrogen-bond donors (Lipinski definition) is 1. The second kappa shape index (κ2) is 4.38. The van der Waals surface area contributed by atoms with Crippen LogP contribution in [0, 0.1) is 0 Å². The largest absolute Gasteiger partial charge is 0.321 e. The zero-order valence-electron chi connectivity index (χ0n) is 9.35. The number of benzene rings is 1. The highest BCUT2D eigenvalue weighted by atomic mass is 79.9. The van der Waals surface area contributed by atoms with Gasteiger partial charge in [0, 0.05) is 22.6 Å². The number of hydrogen-bond acceptors (Lipinski definition) is 2. The van der Waals surface area contributed by atoms with Crippen molar-refractivity contribution < 1.29 is 0 Å². The second-order valence-corrected chi connectivity index (χ2v) is 4.90. The fourth-order valence-electron chi connectivity index (χ4n) is 1.89. The predicted molar refractivity (Wildman–Crippen MR) is 75.5 cm³/mol. The lowest BCUT2D eigenvalue weighted by Gasteiger charge is -2.03. The minimum absolute atomic E-state index is 0.112. The number of H-pyrrole nitrogens is 1. The van der Waals surface area contributed by atoms with E-state index in [0.717, 1.165) is 21.1 Å². The molecule has 3 aromatic rings. The van der Waals surface area contributed by atoms with Crippen LogP contribution in [0.3, 0.4) is 0 Å². The molecule has 0 radical (unpaired) electrons. The molecule has 2 aromatic heterocycles. The van der Waals surface area contributed by atoms with Gasteiger partial charge < -0.3 is 4.98 Å². The van der Waals surface area contributed by atoms with Crippen LogP contribution >= 0.6 is 15.9 Å². The zero-order valence-corrected chi connectivity index (χ0v) is 10.9. The Morgan fingerprint density at radius 1 is 1.11 bits per heavy atom. The van der Waals surface area contributed by atoms with Crippen LogP contribution in [-0.4, -0.2) is 9.97 Å². The number of nitrogens with one attached hydrogen (secondary N) is 1. The van der Waals surface area contributed by atoms with Crippen molar-refractivity contribution in [1.82, 2.24) is 9.97 Å². The van der Waals surface area contributed by atoms with Crippen molar-refractivity contribution in [3.05, 3.63) is 63.6 Å². The average Bonchev–Trinajstić information content (AvgIpc) is 2.39. The first-order chi connectivity index (χ1) is 8.74. The van der Waals surface area contributed by atoms with Gasteiger partial charge in [-0.15, -0.1) is 0 Å². The fraction of sp³-hybridized carbons (Fsp3) is 0. The summed E-state index contributed by atoms with van der Waals surface area (Å²) in [6.07, 6.45) is 3.27. The Balaban J connectivity index is 2.24. The fourth-order valence-corrected chi connectivity index (χ4v) is 2.15. The molecule has 0 aliphatic rings. The number of aromatic nitrogens is 2. The molecule has 18 heavy (non-hydrogen) atoms. The smallest absolute Gasteiger partial charge is 0.257 e. The summed E-state index contributed by atoms with van der Waals surface area (Å²) in [4.78, 5) is 18.8. The second-order valence-electron chi connectivity index (χ2n) is 3.98. The number of pyridine rings is 2. The van der Waals surface area contributed by atoms with Gasteiger partial charge in [-0.05, 0) is 35.2 Å². The number of rotatable bonds is 1. The van der Waals surface area contributed by atoms with Gasteiger partial charge in [-0.1, -0.05) is 28.1 Å². The lowest BCUT2D eigenvalue weighted by Crippen LogP contribution is -2.07. The molecule has 0 fully saturated rings. The number of fused-ring (bicyclic) bond motifs is 1. The third-order valence-electron chi connectivity index (χ3n) is 2.80. The van der Waals surface area contributed by atoms with E-state index in [1.54, 1.807) is 12.4 Å². The first-order valence-electron chi connectivity index (χ1n) is 5.47. The van der Waals surface area contributed by atoms with Gasteiger partial charge in [0.2, 0.25) is 0 Å². The normalized spacial score (nSPS) is 10.7. The molecule has 0 spiro atoms. The van der Waals surface area contributed by atoms with Crippen molar-refractivity contribution in [2.24, 2.45) is 0 Å². The number of nitrogens with zero attached hydrogens (tertiary/aromatic N) is 1. The summed E-state index contributed by atoms with van der Waals surface area (Å²) in [5.41, 5.74) is 1.68. The molecule has 3 rings (SSSR count). The van der Waals surface area contributed by atoms with E-state index in [1.807, 2.05) is 36.4 Å². The SMILES string of the molecule is O=c1[nH]c(-c2ccc(Br)cc2)cc2ccncc12. The molecule has 0 aliphatic heterocycles. The maximum absolute atomic E-state index is 11.9. The zero-order chi connectivity index (χ0) is 12.5. The first-order valence-corrected chi connectivity index (χ1v) is 6.26. The summed E-state index contributed by atoms with van der Waals surface area (Å²) in [6, 6.07) is 11.6. The molecule has 1 aromatic carbocycles. The maximum atomic E-state index is 11.9. The molecule has 1 N–H and O–H groups in total. The predicted octanol–water partition coefficient (Wildman–Crippen LogP) is 3.35. The Labute approximate surface area is 112 Å². The van der Waals surface area contributed by atoms with E-state index < -0.39 is 0 Å². The summed E-state index contributed by atoms with van der Waals surface area (Å²) in [5.74, 6) is 0. The number of halogens is 1. The lowest BCUT2D eigenvalue weighted by atomic mass is 10.1. The monoisotopic (exact) mass is 300 g/mol. The van der Waals surface area contributed by atoms with Crippen molar-refractivity contribution in [1.29, 1.82) is 0 Å². The van der Waals surface area contributed by atoms with Gasteiger partial charge in [-0.2, -0.15) is 0 Å². The highest BCUT2D eigenvalue weighted by Crippen LogP contribution is 2.21. The van der Waals surface area contributed by atoms with Gasteiger partial charge in [0.1, 0.15) is 0 Å². The van der Waals surface area contributed by atoms with Gasteiger partial charge in [0.25, 0.3) is 5.56 Å². The standard InChI is InChI=1S/C14H9BrN2O/c15-11-3-1-9(2-4-11)13-7-10-5-6-16-8-12(10)14(18)17-13/h1-8H,(H,17,18). The molecule has 0 aliphatic carbocycles. The molecule has 0 unspecified atom stereocenters. The van der Waals surface area contributed by atoms with Gasteiger partial charge >= 0.3 is 0 Å². The molecule has 0 atom stereocenters. The molecule has 2 heterocycles.